The van der Waals surface area contributed by atoms with Crippen molar-refractivity contribution < 1.29 is 38.3 Å². The maximum absolute atomic E-state index is 13.5. The molecule has 2 fully saturated rings. The molecule has 2 aliphatic rings. The first-order valence-corrected chi connectivity index (χ1v) is 15.8. The Balaban J connectivity index is 1.25. The minimum Gasteiger partial charge on any atom is -0.479 e. The van der Waals surface area contributed by atoms with Gasteiger partial charge in [-0.3, -0.25) is 13.9 Å². The molecule has 0 bridgehead atoms. The summed E-state index contributed by atoms with van der Waals surface area (Å²) in [6, 6.07) is 8.46. The van der Waals surface area contributed by atoms with E-state index in [1.54, 1.807) is 6.92 Å². The quantitative estimate of drug-likeness (QED) is 0.218. The summed E-state index contributed by atoms with van der Waals surface area (Å²) < 4.78 is 37.4. The number of carbonyl (C=O) groups excluding carboxylic acids is 1. The summed E-state index contributed by atoms with van der Waals surface area (Å²) in [5, 5.41) is 24.9. The van der Waals surface area contributed by atoms with Gasteiger partial charge < -0.3 is 34.7 Å². The average molecular weight is 595 g/mol. The molecule has 7 atom stereocenters. The molecule has 2 aromatic heterocycles. The fourth-order valence-corrected chi connectivity index (χ4v) is 8.46. The van der Waals surface area contributed by atoms with Gasteiger partial charge >= 0.3 is 12.7 Å². The number of rotatable bonds is 8. The first-order chi connectivity index (χ1) is 19.0. The van der Waals surface area contributed by atoms with Crippen molar-refractivity contribution in [3.8, 4) is 5.88 Å². The van der Waals surface area contributed by atoms with Crippen LogP contribution in [-0.4, -0.2) is 79.0 Å². The molecule has 0 amide bonds. The topological polar surface area (TPSA) is 193 Å². The number of aliphatic hydroxyl groups excluding tert-OH is 1. The van der Waals surface area contributed by atoms with Crippen LogP contribution in [0.4, 0.5) is 5.95 Å². The van der Waals surface area contributed by atoms with E-state index in [4.69, 9.17) is 24.5 Å². The van der Waals surface area contributed by atoms with Crippen molar-refractivity contribution in [3.63, 3.8) is 0 Å². The zero-order valence-electron chi connectivity index (χ0n) is 22.0. The van der Waals surface area contributed by atoms with Gasteiger partial charge in [-0.05, 0) is 25.8 Å². The van der Waals surface area contributed by atoms with Crippen molar-refractivity contribution in [1.82, 2.24) is 24.6 Å². The number of fused-ring (bicyclic) bond motifs is 1. The maximum Gasteiger partial charge on any atom is 0.327 e. The second kappa shape index (κ2) is 11.2. The highest BCUT2D eigenvalue weighted by Gasteiger charge is 2.54. The highest BCUT2D eigenvalue weighted by molar-refractivity contribution is 8.56. The number of ether oxygens (including phenoxy) is 3. The predicted molar refractivity (Wildman–Crippen MR) is 145 cm³/mol. The Kier molecular flexibility index (Phi) is 8.08. The number of aliphatic hydroxyl groups is 2. The maximum atomic E-state index is 13.5. The molecule has 2 aliphatic heterocycles. The highest BCUT2D eigenvalue weighted by Crippen LogP contribution is 2.59. The molecule has 0 spiro atoms. The van der Waals surface area contributed by atoms with E-state index in [9.17, 15) is 19.6 Å². The fraction of sp³-hybridized carbons (Fsp3) is 0.500. The Bertz CT molecular complexity index is 1430. The van der Waals surface area contributed by atoms with Crippen LogP contribution < -0.4 is 15.6 Å². The van der Waals surface area contributed by atoms with Crippen LogP contribution in [0.1, 0.15) is 38.2 Å². The Morgan fingerprint density at radius 1 is 1.38 bits per heavy atom. The lowest BCUT2D eigenvalue weighted by Crippen LogP contribution is -2.44. The predicted octanol–water partition coefficient (Wildman–Crippen LogP) is 1.95. The minimum absolute atomic E-state index is 0.0751. The fourth-order valence-electron chi connectivity index (χ4n) is 4.65. The number of hydrogen-bond donors (Lipinski definition) is 4. The molecule has 0 radical (unpaired) electrons. The third-order valence-electron chi connectivity index (χ3n) is 6.84. The zero-order valence-corrected chi connectivity index (χ0v) is 23.7. The Morgan fingerprint density at radius 3 is 2.85 bits per heavy atom. The van der Waals surface area contributed by atoms with Gasteiger partial charge in [-0.25, -0.2) is 10.1 Å². The normalized spacial score (nSPS) is 31.2. The zero-order chi connectivity index (χ0) is 28.7. The summed E-state index contributed by atoms with van der Waals surface area (Å²) in [5.74, 6) is -0.0791. The molecular weight excluding hydrogens is 563 g/mol. The van der Waals surface area contributed by atoms with E-state index in [2.05, 4.69) is 20.0 Å². The number of esters is 1. The number of benzene rings is 1. The van der Waals surface area contributed by atoms with Crippen LogP contribution in [0.15, 0.2) is 36.7 Å². The number of nitrogens with two attached hydrogens (primary N) is 1. The van der Waals surface area contributed by atoms with Crippen molar-refractivity contribution in [3.05, 3.63) is 42.2 Å². The monoisotopic (exact) mass is 594 g/mol. The summed E-state index contributed by atoms with van der Waals surface area (Å²) in [7, 11) is 1.41. The van der Waals surface area contributed by atoms with E-state index in [0.29, 0.717) is 12.2 Å². The van der Waals surface area contributed by atoms with Crippen molar-refractivity contribution in [2.24, 2.45) is 0 Å². The van der Waals surface area contributed by atoms with Crippen molar-refractivity contribution in [2.75, 3.05) is 25.2 Å². The van der Waals surface area contributed by atoms with Crippen molar-refractivity contribution in [1.29, 1.82) is 0 Å². The van der Waals surface area contributed by atoms with Gasteiger partial charge in [0.25, 0.3) is 0 Å². The highest BCUT2D eigenvalue weighted by atomic mass is 32.7. The van der Waals surface area contributed by atoms with E-state index in [1.165, 1.54) is 24.9 Å². The lowest BCUT2D eigenvalue weighted by Gasteiger charge is -2.30. The van der Waals surface area contributed by atoms with Crippen LogP contribution in [0, 0.1) is 0 Å². The van der Waals surface area contributed by atoms with Crippen LogP contribution >= 0.6 is 18.1 Å². The Labute approximate surface area is 233 Å². The minimum atomic E-state index is -3.58. The number of carbonyl (C=O) groups is 1. The summed E-state index contributed by atoms with van der Waals surface area (Å²) in [4.78, 5) is 25.2. The number of nitrogen functional groups attached to an aromatic ring is 1. The molecule has 5 N–H and O–H groups in total. The van der Waals surface area contributed by atoms with E-state index in [0.717, 1.165) is 16.9 Å². The molecule has 216 valence electrons. The largest absolute Gasteiger partial charge is 0.479 e. The van der Waals surface area contributed by atoms with Gasteiger partial charge in [0, 0.05) is 5.75 Å². The lowest BCUT2D eigenvalue weighted by molar-refractivity contribution is -0.150. The summed E-state index contributed by atoms with van der Waals surface area (Å²) in [6.45, 7) is -0.748. The van der Waals surface area contributed by atoms with Crippen LogP contribution in [-0.2, 0) is 23.4 Å². The standard InChI is InChI=1S/C24H31N6O8PS/c1-13(14-7-5-4-6-8-14)37-21(32)15-9-10-40-39(34,29-15)36-11-16-18(31)24(2,33)22(38-16)30-12-26-17-19(30)27-23(25)28-20(17)35-3/h4-8,12-13,15-16,18,22,31,33H,9-11H2,1-3H3,(H,29,34)(H2,25,27,28)/t13-,15+,16?,18-,22-,24-,39?/m1/s1. The summed E-state index contributed by atoms with van der Waals surface area (Å²) in [6.07, 6.45) is -2.35. The van der Waals surface area contributed by atoms with Crippen molar-refractivity contribution >= 4 is 41.2 Å². The van der Waals surface area contributed by atoms with Crippen LogP contribution in [0.5, 0.6) is 5.88 Å². The molecule has 5 rings (SSSR count). The van der Waals surface area contributed by atoms with E-state index >= 15 is 0 Å². The smallest absolute Gasteiger partial charge is 0.327 e. The molecule has 40 heavy (non-hydrogen) atoms. The van der Waals surface area contributed by atoms with E-state index < -0.39 is 48.9 Å². The number of nitrogens with zero attached hydrogens (tertiary/aromatic N) is 4. The Morgan fingerprint density at radius 2 is 2.12 bits per heavy atom. The van der Waals surface area contributed by atoms with Crippen LogP contribution in [0.3, 0.4) is 0 Å². The first-order valence-electron chi connectivity index (χ1n) is 12.5. The molecule has 4 heterocycles. The number of nitrogens with one attached hydrogen (secondary N) is 1. The van der Waals surface area contributed by atoms with Crippen LogP contribution in [0.2, 0.25) is 0 Å². The van der Waals surface area contributed by atoms with Gasteiger partial charge in [0.05, 0.1) is 20.0 Å². The second-order valence-electron chi connectivity index (χ2n) is 9.70. The van der Waals surface area contributed by atoms with Gasteiger partial charge in [-0.1, -0.05) is 41.7 Å². The third kappa shape index (κ3) is 5.55. The van der Waals surface area contributed by atoms with Gasteiger partial charge in [-0.15, -0.1) is 0 Å². The summed E-state index contributed by atoms with van der Waals surface area (Å²) >= 11 is 1.05. The molecule has 2 saturated heterocycles. The summed E-state index contributed by atoms with van der Waals surface area (Å²) in [5.41, 5.74) is 5.34. The molecule has 14 nitrogen and oxygen atoms in total. The average Bonchev–Trinajstić information content (AvgIpc) is 3.45. The molecule has 1 aromatic carbocycles. The molecular formula is C24H31N6O8PS. The van der Waals surface area contributed by atoms with Gasteiger partial charge in [0.15, 0.2) is 17.4 Å². The second-order valence-corrected chi connectivity index (χ2v) is 14.1. The molecule has 0 aliphatic carbocycles. The number of imidazole rings is 1. The molecule has 16 heteroatoms. The molecule has 3 aromatic rings. The van der Waals surface area contributed by atoms with E-state index in [-0.39, 0.29) is 29.6 Å². The first kappa shape index (κ1) is 28.7. The SMILES string of the molecule is COc1nc(N)nc2c1ncn2[C@@H]1OC(COP2(=O)N[C@H](C(=O)O[C@H](C)c3ccccc3)CCS2)[C@@H](O)[C@@]1(C)O. The lowest BCUT2D eigenvalue weighted by atomic mass is 9.96. The van der Waals surface area contributed by atoms with Crippen LogP contribution in [0.25, 0.3) is 11.2 Å². The van der Waals surface area contributed by atoms with Gasteiger partial charge in [0.1, 0.15) is 30.0 Å². The van der Waals surface area contributed by atoms with E-state index in [1.807, 2.05) is 30.3 Å². The number of hydrogen-bond acceptors (Lipinski definition) is 13. The van der Waals surface area contributed by atoms with Gasteiger partial charge in [-0.2, -0.15) is 9.97 Å². The number of aromatic nitrogens is 4. The Hall–Kier alpha value is -2.78. The third-order valence-corrected chi connectivity index (χ3v) is 10.9. The molecule has 0 saturated carbocycles. The van der Waals surface area contributed by atoms with Gasteiger partial charge in [0.2, 0.25) is 11.8 Å². The number of anilines is 1. The molecule has 2 unspecified atom stereocenters. The number of methoxy groups -OCH3 is 1. The van der Waals surface area contributed by atoms with Crippen molar-refractivity contribution in [2.45, 2.75) is 56.5 Å².